The van der Waals surface area contributed by atoms with Gasteiger partial charge < -0.3 is 4.74 Å². The second-order valence-electron chi connectivity index (χ2n) is 3.79. The Balaban J connectivity index is 2.06. The third-order valence-corrected chi connectivity index (χ3v) is 2.43. The fourth-order valence-electron chi connectivity index (χ4n) is 1.47. The minimum Gasteiger partial charge on any atom is -0.489 e. The normalized spacial score (nSPS) is 10.2. The first kappa shape index (κ1) is 12.9. The molecule has 0 saturated carbocycles. The Morgan fingerprint density at radius 2 is 1.79 bits per heavy atom. The number of ether oxygens (including phenoxy) is 1. The van der Waals surface area contributed by atoms with Crippen LogP contribution < -0.4 is 4.74 Å². The van der Waals surface area contributed by atoms with Crippen LogP contribution in [0, 0.1) is 21.7 Å². The minimum atomic E-state index is -0.957. The largest absolute Gasteiger partial charge is 0.489 e. The highest BCUT2D eigenvalue weighted by atomic mass is 19.1. The number of rotatable bonds is 4. The van der Waals surface area contributed by atoms with E-state index in [9.17, 15) is 18.9 Å². The predicted molar refractivity (Wildman–Crippen MR) is 63.8 cm³/mol. The fourth-order valence-corrected chi connectivity index (χ4v) is 1.47. The van der Waals surface area contributed by atoms with Crippen molar-refractivity contribution in [2.45, 2.75) is 6.61 Å². The van der Waals surface area contributed by atoms with Crippen molar-refractivity contribution >= 4 is 5.69 Å². The standard InChI is InChI=1S/C13H9F2NO3/c14-10-3-1-9(2-4-10)8-19-11-5-6-13(16(17)18)12(15)7-11/h1-7H,8H2. The van der Waals surface area contributed by atoms with Crippen LogP contribution >= 0.6 is 0 Å². The molecule has 6 heteroatoms. The van der Waals surface area contributed by atoms with Crippen LogP contribution in [-0.2, 0) is 6.61 Å². The van der Waals surface area contributed by atoms with Gasteiger partial charge in [0.15, 0.2) is 0 Å². The van der Waals surface area contributed by atoms with E-state index in [4.69, 9.17) is 4.74 Å². The van der Waals surface area contributed by atoms with E-state index >= 15 is 0 Å². The molecule has 2 aromatic rings. The lowest BCUT2D eigenvalue weighted by Crippen LogP contribution is -1.97. The Morgan fingerprint density at radius 1 is 1.11 bits per heavy atom. The van der Waals surface area contributed by atoms with Crippen LogP contribution in [0.3, 0.4) is 0 Å². The summed E-state index contributed by atoms with van der Waals surface area (Å²) >= 11 is 0. The van der Waals surface area contributed by atoms with E-state index in [1.807, 2.05) is 0 Å². The van der Waals surface area contributed by atoms with Crippen molar-refractivity contribution in [1.29, 1.82) is 0 Å². The molecule has 2 rings (SSSR count). The smallest absolute Gasteiger partial charge is 0.305 e. The first-order chi connectivity index (χ1) is 9.06. The van der Waals surface area contributed by atoms with Crippen molar-refractivity contribution < 1.29 is 18.4 Å². The van der Waals surface area contributed by atoms with Crippen molar-refractivity contribution in [1.82, 2.24) is 0 Å². The molecule has 4 nitrogen and oxygen atoms in total. The van der Waals surface area contributed by atoms with Crippen molar-refractivity contribution in [2.24, 2.45) is 0 Å². The summed E-state index contributed by atoms with van der Waals surface area (Å²) < 4.78 is 31.2. The summed E-state index contributed by atoms with van der Waals surface area (Å²) in [6.07, 6.45) is 0. The van der Waals surface area contributed by atoms with Gasteiger partial charge in [-0.2, -0.15) is 4.39 Å². The molecule has 98 valence electrons. The van der Waals surface area contributed by atoms with Gasteiger partial charge in [0, 0.05) is 12.1 Å². The maximum Gasteiger partial charge on any atom is 0.305 e. The Labute approximate surface area is 107 Å². The maximum absolute atomic E-state index is 13.3. The van der Waals surface area contributed by atoms with E-state index < -0.39 is 16.4 Å². The molecule has 0 aliphatic rings. The highest BCUT2D eigenvalue weighted by molar-refractivity contribution is 5.38. The number of benzene rings is 2. The quantitative estimate of drug-likeness (QED) is 0.628. The first-order valence-electron chi connectivity index (χ1n) is 5.37. The zero-order valence-electron chi connectivity index (χ0n) is 9.68. The van der Waals surface area contributed by atoms with Crippen molar-refractivity contribution in [3.05, 3.63) is 69.8 Å². The SMILES string of the molecule is O=[N+]([O-])c1ccc(OCc2ccc(F)cc2)cc1F. The lowest BCUT2D eigenvalue weighted by atomic mass is 10.2. The van der Waals surface area contributed by atoms with Crippen LogP contribution in [0.4, 0.5) is 14.5 Å². The molecule has 0 radical (unpaired) electrons. The summed E-state index contributed by atoms with van der Waals surface area (Å²) in [6.45, 7) is 0.123. The average Bonchev–Trinajstić information content (AvgIpc) is 2.37. The van der Waals surface area contributed by atoms with Gasteiger partial charge in [0.05, 0.1) is 4.92 Å². The van der Waals surface area contributed by atoms with E-state index in [2.05, 4.69) is 0 Å². The van der Waals surface area contributed by atoms with E-state index in [1.54, 1.807) is 0 Å². The van der Waals surface area contributed by atoms with Crippen molar-refractivity contribution in [3.8, 4) is 5.75 Å². The average molecular weight is 265 g/mol. The number of halogens is 2. The molecular formula is C13H9F2NO3. The Morgan fingerprint density at radius 3 is 2.37 bits per heavy atom. The van der Waals surface area contributed by atoms with E-state index in [1.165, 1.54) is 30.3 Å². The molecule has 0 fully saturated rings. The summed E-state index contributed by atoms with van der Waals surface area (Å²) in [5.74, 6) is -1.14. The van der Waals surface area contributed by atoms with Crippen LogP contribution in [0.2, 0.25) is 0 Å². The highest BCUT2D eigenvalue weighted by Gasteiger charge is 2.14. The van der Waals surface area contributed by atoms with E-state index in [0.717, 1.165) is 12.1 Å². The number of hydrogen-bond acceptors (Lipinski definition) is 3. The third kappa shape index (κ3) is 3.25. The molecule has 0 aromatic heterocycles. The Kier molecular flexibility index (Phi) is 3.70. The molecule has 0 atom stereocenters. The van der Waals surface area contributed by atoms with Crippen LogP contribution in [0.15, 0.2) is 42.5 Å². The van der Waals surface area contributed by atoms with Crippen LogP contribution in [0.1, 0.15) is 5.56 Å². The first-order valence-corrected chi connectivity index (χ1v) is 5.37. The Bertz CT molecular complexity index is 599. The van der Waals surface area contributed by atoms with Gasteiger partial charge in [-0.15, -0.1) is 0 Å². The molecule has 0 heterocycles. The highest BCUT2D eigenvalue weighted by Crippen LogP contribution is 2.23. The molecule has 2 aromatic carbocycles. The number of nitro groups is 1. The van der Waals surface area contributed by atoms with Crippen LogP contribution in [0.25, 0.3) is 0 Å². The lowest BCUT2D eigenvalue weighted by Gasteiger charge is -2.06. The van der Waals surface area contributed by atoms with E-state index in [-0.39, 0.29) is 18.2 Å². The zero-order valence-corrected chi connectivity index (χ0v) is 9.68. The Hall–Kier alpha value is -2.50. The van der Waals surface area contributed by atoms with Gasteiger partial charge in [-0.25, -0.2) is 4.39 Å². The molecule has 0 aliphatic heterocycles. The second-order valence-corrected chi connectivity index (χ2v) is 3.79. The molecular weight excluding hydrogens is 256 g/mol. The van der Waals surface area contributed by atoms with Crippen LogP contribution in [0.5, 0.6) is 5.75 Å². The van der Waals surface area contributed by atoms with Gasteiger partial charge in [0.1, 0.15) is 18.2 Å². The summed E-state index contributed by atoms with van der Waals surface area (Å²) in [5, 5.41) is 10.4. The molecule has 0 N–H and O–H groups in total. The van der Waals surface area contributed by atoms with Gasteiger partial charge in [-0.3, -0.25) is 10.1 Å². The van der Waals surface area contributed by atoms with Crippen LogP contribution in [-0.4, -0.2) is 4.92 Å². The fraction of sp³-hybridized carbons (Fsp3) is 0.0769. The maximum atomic E-state index is 13.3. The summed E-state index contributed by atoms with van der Waals surface area (Å²) in [7, 11) is 0. The molecule has 0 saturated heterocycles. The van der Waals surface area contributed by atoms with Crippen molar-refractivity contribution in [2.75, 3.05) is 0 Å². The predicted octanol–water partition coefficient (Wildman–Crippen LogP) is 3.45. The van der Waals surface area contributed by atoms with Gasteiger partial charge in [0.2, 0.25) is 5.82 Å². The zero-order chi connectivity index (χ0) is 13.8. The third-order valence-electron chi connectivity index (χ3n) is 2.43. The molecule has 19 heavy (non-hydrogen) atoms. The molecule has 0 spiro atoms. The molecule has 0 amide bonds. The number of nitrogens with zero attached hydrogens (tertiary/aromatic N) is 1. The molecule has 0 aliphatic carbocycles. The minimum absolute atomic E-state index is 0.123. The van der Waals surface area contributed by atoms with Gasteiger partial charge in [-0.1, -0.05) is 12.1 Å². The summed E-state index contributed by atoms with van der Waals surface area (Å²) in [6, 6.07) is 8.94. The summed E-state index contributed by atoms with van der Waals surface area (Å²) in [4.78, 5) is 9.63. The number of nitro benzene ring substituents is 1. The van der Waals surface area contributed by atoms with Gasteiger partial charge in [0.25, 0.3) is 0 Å². The van der Waals surface area contributed by atoms with E-state index in [0.29, 0.717) is 5.56 Å². The number of hydrogen-bond donors (Lipinski definition) is 0. The molecule has 0 bridgehead atoms. The van der Waals surface area contributed by atoms with Crippen molar-refractivity contribution in [3.63, 3.8) is 0 Å². The lowest BCUT2D eigenvalue weighted by molar-refractivity contribution is -0.387. The topological polar surface area (TPSA) is 52.4 Å². The summed E-state index contributed by atoms with van der Waals surface area (Å²) in [5.41, 5.74) is 0.106. The monoisotopic (exact) mass is 265 g/mol. The molecule has 0 unspecified atom stereocenters. The van der Waals surface area contributed by atoms with Gasteiger partial charge in [-0.05, 0) is 23.8 Å². The van der Waals surface area contributed by atoms with Gasteiger partial charge >= 0.3 is 5.69 Å². The second kappa shape index (κ2) is 5.43.